The molecule has 1 aromatic heterocycles. The van der Waals surface area contributed by atoms with Gasteiger partial charge in [-0.15, -0.1) is 0 Å². The molecule has 0 aliphatic rings. The van der Waals surface area contributed by atoms with E-state index in [0.717, 1.165) is 16.8 Å². The lowest BCUT2D eigenvalue weighted by molar-refractivity contribution is -0.127. The van der Waals surface area contributed by atoms with Crippen molar-refractivity contribution in [3.05, 3.63) is 42.2 Å². The van der Waals surface area contributed by atoms with Crippen LogP contribution < -0.4 is 4.74 Å². The van der Waals surface area contributed by atoms with E-state index in [-0.39, 0.29) is 12.0 Å². The van der Waals surface area contributed by atoms with E-state index in [1.54, 1.807) is 31.2 Å². The Hall–Kier alpha value is -2.14. The van der Waals surface area contributed by atoms with E-state index in [1.807, 2.05) is 32.9 Å². The molecule has 0 bridgehead atoms. The lowest BCUT2D eigenvalue weighted by Crippen LogP contribution is -2.31. The van der Waals surface area contributed by atoms with Crippen molar-refractivity contribution in [3.63, 3.8) is 0 Å². The van der Waals surface area contributed by atoms with Gasteiger partial charge >= 0.3 is 0 Å². The Morgan fingerprint density at radius 3 is 2.57 bits per heavy atom. The van der Waals surface area contributed by atoms with Gasteiger partial charge in [0.25, 0.3) is 0 Å². The topological polar surface area (TPSA) is 51.7 Å². The molecule has 0 aliphatic heterocycles. The number of methoxy groups -OCH3 is 1. The summed E-state index contributed by atoms with van der Waals surface area (Å²) in [5, 5.41) is 0. The lowest BCUT2D eigenvalue weighted by Gasteiger charge is -2.22. The third-order valence-electron chi connectivity index (χ3n) is 3.27. The van der Waals surface area contributed by atoms with Crippen molar-refractivity contribution in [2.45, 2.75) is 33.8 Å². The van der Waals surface area contributed by atoms with E-state index in [9.17, 15) is 4.79 Å². The number of nitrogens with zero attached hydrogens (tertiary/aromatic N) is 2. The third kappa shape index (κ3) is 6.24. The second-order valence-corrected chi connectivity index (χ2v) is 5.49. The van der Waals surface area contributed by atoms with Crippen LogP contribution >= 0.6 is 0 Å². The molecule has 0 radical (unpaired) electrons. The van der Waals surface area contributed by atoms with Crippen LogP contribution in [0.5, 0.6) is 5.88 Å². The number of allylic oxidation sites excluding steroid dienone is 3. The predicted octanol–water partition coefficient (Wildman–Crippen LogP) is 3.28. The molecule has 1 heterocycles. The van der Waals surface area contributed by atoms with Crippen molar-refractivity contribution in [1.29, 1.82) is 0 Å². The van der Waals surface area contributed by atoms with Gasteiger partial charge in [0, 0.05) is 31.4 Å². The molecular formula is C18H26N2O3. The Kier molecular flexibility index (Phi) is 7.48. The first-order chi connectivity index (χ1) is 10.8. The van der Waals surface area contributed by atoms with Gasteiger partial charge in [-0.2, -0.15) is 0 Å². The van der Waals surface area contributed by atoms with Gasteiger partial charge in [-0.25, -0.2) is 4.98 Å². The lowest BCUT2D eigenvalue weighted by atomic mass is 10.1. The first-order valence-electron chi connectivity index (χ1n) is 7.62. The van der Waals surface area contributed by atoms with Crippen molar-refractivity contribution in [2.75, 3.05) is 20.3 Å². The van der Waals surface area contributed by atoms with Crippen LogP contribution in [0.3, 0.4) is 0 Å². The number of pyridine rings is 1. The minimum absolute atomic E-state index is 0.0215. The van der Waals surface area contributed by atoms with Gasteiger partial charge in [-0.05, 0) is 44.1 Å². The van der Waals surface area contributed by atoms with Crippen LogP contribution in [-0.4, -0.2) is 42.2 Å². The molecular weight excluding hydrogens is 292 g/mol. The second-order valence-electron chi connectivity index (χ2n) is 5.49. The van der Waals surface area contributed by atoms with Gasteiger partial charge in [-0.3, -0.25) is 4.79 Å². The number of carbonyl (C=O) groups excluding carboxylic acids is 1. The summed E-state index contributed by atoms with van der Waals surface area (Å²) >= 11 is 0. The molecule has 0 spiro atoms. The summed E-state index contributed by atoms with van der Waals surface area (Å²) in [4.78, 5) is 17.7. The zero-order valence-electron chi connectivity index (χ0n) is 14.6. The first-order valence-corrected chi connectivity index (χ1v) is 7.62. The highest BCUT2D eigenvalue weighted by molar-refractivity contribution is 5.78. The van der Waals surface area contributed by atoms with Crippen LogP contribution in [0.1, 0.15) is 33.3 Å². The van der Waals surface area contributed by atoms with Crippen LogP contribution in [0.2, 0.25) is 0 Å². The van der Waals surface area contributed by atoms with Crippen molar-refractivity contribution in [2.24, 2.45) is 0 Å². The fourth-order valence-corrected chi connectivity index (χ4v) is 2.07. The third-order valence-corrected chi connectivity index (χ3v) is 3.27. The molecule has 0 saturated carbocycles. The van der Waals surface area contributed by atoms with Crippen LogP contribution in [0.15, 0.2) is 36.7 Å². The van der Waals surface area contributed by atoms with Gasteiger partial charge in [0.15, 0.2) is 0 Å². The summed E-state index contributed by atoms with van der Waals surface area (Å²) in [6.45, 7) is 12.4. The Balaban J connectivity index is 2.80. The molecule has 5 heteroatoms. The minimum atomic E-state index is -0.0215. The first kappa shape index (κ1) is 18.9. The van der Waals surface area contributed by atoms with Crippen molar-refractivity contribution >= 4 is 11.5 Å². The zero-order valence-corrected chi connectivity index (χ0v) is 14.6. The molecule has 0 unspecified atom stereocenters. The van der Waals surface area contributed by atoms with E-state index in [4.69, 9.17) is 9.47 Å². The maximum Gasteiger partial charge on any atom is 0.223 e. The van der Waals surface area contributed by atoms with Crippen molar-refractivity contribution in [3.8, 4) is 5.88 Å². The Labute approximate surface area is 138 Å². The number of aromatic nitrogens is 1. The monoisotopic (exact) mass is 318 g/mol. The number of rotatable bonds is 8. The zero-order chi connectivity index (χ0) is 17.4. The normalized spacial score (nSPS) is 11.5. The van der Waals surface area contributed by atoms with Crippen LogP contribution in [0.25, 0.3) is 5.57 Å². The van der Waals surface area contributed by atoms with E-state index >= 15 is 0 Å². The van der Waals surface area contributed by atoms with E-state index in [2.05, 4.69) is 11.6 Å². The summed E-state index contributed by atoms with van der Waals surface area (Å²) in [5.74, 6) is 0.533. The molecule has 0 N–H and O–H groups in total. The highest BCUT2D eigenvalue weighted by atomic mass is 16.5. The molecule has 0 saturated heterocycles. The van der Waals surface area contributed by atoms with Gasteiger partial charge < -0.3 is 14.4 Å². The molecule has 1 rings (SSSR count). The number of ether oxygens (including phenoxy) is 2. The Morgan fingerprint density at radius 2 is 2.09 bits per heavy atom. The average Bonchev–Trinajstić information content (AvgIpc) is 2.50. The highest BCUT2D eigenvalue weighted by Crippen LogP contribution is 2.18. The molecule has 0 fully saturated rings. The van der Waals surface area contributed by atoms with Gasteiger partial charge in [-0.1, -0.05) is 6.58 Å². The average molecular weight is 318 g/mol. The molecule has 1 aromatic rings. The standard InChI is InChI=1S/C18H26N2O3/c1-13(2)23-10-9-20(16(5)21)15(4)11-14(3)17-7-8-18(22-6)19-12-17/h7-8,11-13H,3,9-10H2,1-2,4-6H3/b15-11+. The summed E-state index contributed by atoms with van der Waals surface area (Å²) in [6, 6.07) is 3.67. The van der Waals surface area contributed by atoms with E-state index in [1.165, 1.54) is 0 Å². The summed E-state index contributed by atoms with van der Waals surface area (Å²) in [7, 11) is 1.57. The van der Waals surface area contributed by atoms with Crippen LogP contribution in [0, 0.1) is 0 Å². The second kappa shape index (κ2) is 9.10. The summed E-state index contributed by atoms with van der Waals surface area (Å²) in [6.07, 6.45) is 3.72. The number of amides is 1. The van der Waals surface area contributed by atoms with Crippen molar-refractivity contribution < 1.29 is 14.3 Å². The fourth-order valence-electron chi connectivity index (χ4n) is 2.07. The number of hydrogen-bond donors (Lipinski definition) is 0. The molecule has 5 nitrogen and oxygen atoms in total. The SMILES string of the molecule is C=C(/C=C(\C)N(CCOC(C)C)C(C)=O)c1ccc(OC)nc1. The summed E-state index contributed by atoms with van der Waals surface area (Å²) in [5.41, 5.74) is 2.49. The number of carbonyl (C=O) groups is 1. The van der Waals surface area contributed by atoms with Gasteiger partial charge in [0.05, 0.1) is 19.8 Å². The molecule has 23 heavy (non-hydrogen) atoms. The van der Waals surface area contributed by atoms with Gasteiger partial charge in [0.2, 0.25) is 11.8 Å². The van der Waals surface area contributed by atoms with E-state index in [0.29, 0.717) is 19.0 Å². The van der Waals surface area contributed by atoms with Gasteiger partial charge in [0.1, 0.15) is 0 Å². The molecule has 126 valence electrons. The Morgan fingerprint density at radius 1 is 1.39 bits per heavy atom. The predicted molar refractivity (Wildman–Crippen MR) is 92.1 cm³/mol. The molecule has 0 aromatic carbocycles. The van der Waals surface area contributed by atoms with Crippen molar-refractivity contribution in [1.82, 2.24) is 9.88 Å². The Bertz CT molecular complexity index is 562. The minimum Gasteiger partial charge on any atom is -0.481 e. The van der Waals surface area contributed by atoms with E-state index < -0.39 is 0 Å². The molecule has 1 amide bonds. The van der Waals surface area contributed by atoms with Crippen LogP contribution in [0.4, 0.5) is 0 Å². The quantitative estimate of drug-likeness (QED) is 0.690. The fraction of sp³-hybridized carbons (Fsp3) is 0.444. The number of hydrogen-bond acceptors (Lipinski definition) is 4. The summed E-state index contributed by atoms with van der Waals surface area (Å²) < 4.78 is 10.6. The van der Waals surface area contributed by atoms with Crippen LogP contribution in [-0.2, 0) is 9.53 Å². The molecule has 0 atom stereocenters. The smallest absolute Gasteiger partial charge is 0.223 e. The largest absolute Gasteiger partial charge is 0.481 e. The maximum atomic E-state index is 11.8. The maximum absolute atomic E-state index is 11.8. The molecule has 0 aliphatic carbocycles. The highest BCUT2D eigenvalue weighted by Gasteiger charge is 2.11.